The number of benzene rings is 1. The molecule has 4 nitrogen and oxygen atoms in total. The Morgan fingerprint density at radius 3 is 2.17 bits per heavy atom. The third-order valence-electron chi connectivity index (χ3n) is 2.08. The van der Waals surface area contributed by atoms with Gasteiger partial charge in [0.15, 0.2) is 0 Å². The van der Waals surface area contributed by atoms with Crippen LogP contribution in [0.4, 0.5) is 5.69 Å². The normalized spacial score (nSPS) is 10.9. The number of anilines is 1. The minimum atomic E-state index is -0.255. The lowest BCUT2D eigenvalue weighted by Crippen LogP contribution is -2.17. The Bertz CT molecular complexity index is 429. The molecule has 0 spiro atoms. The Morgan fingerprint density at radius 1 is 1.17 bits per heavy atom. The summed E-state index contributed by atoms with van der Waals surface area (Å²) >= 11 is 0. The van der Waals surface area contributed by atoms with Crippen molar-refractivity contribution in [2.75, 3.05) is 5.32 Å². The molecule has 4 heteroatoms. The topological polar surface area (TPSA) is 55.4 Å². The van der Waals surface area contributed by atoms with Crippen LogP contribution in [-0.2, 0) is 9.59 Å². The van der Waals surface area contributed by atoms with Crippen molar-refractivity contribution in [1.82, 2.24) is 0 Å². The molecule has 0 radical (unpaired) electrons. The van der Waals surface area contributed by atoms with E-state index in [1.807, 2.05) is 20.8 Å². The summed E-state index contributed by atoms with van der Waals surface area (Å²) in [6.45, 7) is 7.38. The molecule has 0 bridgehead atoms. The van der Waals surface area contributed by atoms with Gasteiger partial charge in [0.05, 0.1) is 6.42 Å². The quantitative estimate of drug-likeness (QED) is 0.661. The van der Waals surface area contributed by atoms with E-state index < -0.39 is 0 Å². The number of hydrogen-bond acceptors (Lipinski definition) is 3. The molecule has 0 aliphatic rings. The van der Waals surface area contributed by atoms with Crippen LogP contribution in [0.3, 0.4) is 0 Å². The molecule has 0 fully saturated rings. The van der Waals surface area contributed by atoms with Crippen LogP contribution < -0.4 is 10.1 Å². The van der Waals surface area contributed by atoms with E-state index >= 15 is 0 Å². The fourth-order valence-electron chi connectivity index (χ4n) is 1.41. The van der Waals surface area contributed by atoms with E-state index in [0.29, 0.717) is 17.9 Å². The number of carbonyl (C=O) groups is 2. The molecule has 0 aromatic heterocycles. The van der Waals surface area contributed by atoms with Crippen LogP contribution in [-0.4, -0.2) is 11.9 Å². The SMILES string of the molecule is CC(=O)Nc1ccc(OC(=O)CC(C)(C)C)cc1. The van der Waals surface area contributed by atoms with Crippen molar-refractivity contribution in [2.24, 2.45) is 5.41 Å². The molecule has 0 aliphatic heterocycles. The average Bonchev–Trinajstić information content (AvgIpc) is 2.17. The minimum Gasteiger partial charge on any atom is -0.427 e. The smallest absolute Gasteiger partial charge is 0.311 e. The first-order valence-electron chi connectivity index (χ1n) is 5.84. The fourth-order valence-corrected chi connectivity index (χ4v) is 1.41. The number of hydrogen-bond donors (Lipinski definition) is 1. The maximum absolute atomic E-state index is 11.6. The first kappa shape index (κ1) is 14.2. The summed E-state index contributed by atoms with van der Waals surface area (Å²) in [5.41, 5.74) is 0.589. The number of esters is 1. The zero-order valence-electron chi connectivity index (χ0n) is 11.2. The molecule has 0 saturated carbocycles. The number of nitrogens with one attached hydrogen (secondary N) is 1. The molecule has 1 N–H and O–H groups in total. The Labute approximate surface area is 107 Å². The van der Waals surface area contributed by atoms with Gasteiger partial charge in [-0.05, 0) is 29.7 Å². The third-order valence-corrected chi connectivity index (χ3v) is 2.08. The highest BCUT2D eigenvalue weighted by atomic mass is 16.5. The van der Waals surface area contributed by atoms with Gasteiger partial charge in [-0.15, -0.1) is 0 Å². The monoisotopic (exact) mass is 249 g/mol. The van der Waals surface area contributed by atoms with Crippen molar-refractivity contribution in [2.45, 2.75) is 34.1 Å². The van der Waals surface area contributed by atoms with Crippen molar-refractivity contribution >= 4 is 17.6 Å². The van der Waals surface area contributed by atoms with Gasteiger partial charge in [0.1, 0.15) is 5.75 Å². The fraction of sp³-hybridized carbons (Fsp3) is 0.429. The van der Waals surface area contributed by atoms with Crippen molar-refractivity contribution < 1.29 is 14.3 Å². The molecule has 0 aliphatic carbocycles. The van der Waals surface area contributed by atoms with Gasteiger partial charge in [-0.2, -0.15) is 0 Å². The number of carbonyl (C=O) groups excluding carboxylic acids is 2. The van der Waals surface area contributed by atoms with Gasteiger partial charge in [0.2, 0.25) is 5.91 Å². The summed E-state index contributed by atoms with van der Waals surface area (Å²) in [5.74, 6) is 0.0978. The Hall–Kier alpha value is -1.84. The Balaban J connectivity index is 2.58. The molecule has 0 heterocycles. The number of ether oxygens (including phenoxy) is 1. The van der Waals surface area contributed by atoms with Crippen LogP contribution in [0.1, 0.15) is 34.1 Å². The molecule has 0 unspecified atom stereocenters. The minimum absolute atomic E-state index is 0.0901. The summed E-state index contributed by atoms with van der Waals surface area (Å²) in [6.07, 6.45) is 0.362. The molecule has 98 valence electrons. The Morgan fingerprint density at radius 2 is 1.72 bits per heavy atom. The van der Waals surface area contributed by atoms with E-state index in [1.54, 1.807) is 24.3 Å². The molecule has 0 atom stereocenters. The molecule has 1 aromatic rings. The zero-order chi connectivity index (χ0) is 13.8. The lowest BCUT2D eigenvalue weighted by molar-refractivity contribution is -0.136. The first-order valence-corrected chi connectivity index (χ1v) is 5.84. The summed E-state index contributed by atoms with van der Waals surface area (Å²) < 4.78 is 5.20. The number of amides is 1. The van der Waals surface area contributed by atoms with Gasteiger partial charge >= 0.3 is 5.97 Å². The molecule has 0 saturated heterocycles. The maximum atomic E-state index is 11.6. The van der Waals surface area contributed by atoms with Gasteiger partial charge in [-0.25, -0.2) is 0 Å². The first-order chi connectivity index (χ1) is 8.26. The summed E-state index contributed by atoms with van der Waals surface area (Å²) in [5, 5.41) is 2.64. The lowest BCUT2D eigenvalue weighted by atomic mass is 9.92. The van der Waals surface area contributed by atoms with Gasteiger partial charge in [0, 0.05) is 12.6 Å². The third kappa shape index (κ3) is 5.48. The largest absolute Gasteiger partial charge is 0.427 e. The van der Waals surface area contributed by atoms with Crippen LogP contribution >= 0.6 is 0 Å². The van der Waals surface area contributed by atoms with Crippen LogP contribution in [0.25, 0.3) is 0 Å². The van der Waals surface area contributed by atoms with Gasteiger partial charge in [0.25, 0.3) is 0 Å². The standard InChI is InChI=1S/C14H19NO3/c1-10(16)15-11-5-7-12(8-6-11)18-13(17)9-14(2,3)4/h5-8H,9H2,1-4H3,(H,15,16). The maximum Gasteiger partial charge on any atom is 0.311 e. The molecule has 18 heavy (non-hydrogen) atoms. The second-order valence-corrected chi connectivity index (χ2v) is 5.42. The van der Waals surface area contributed by atoms with Gasteiger partial charge < -0.3 is 10.1 Å². The molecular weight excluding hydrogens is 230 g/mol. The zero-order valence-corrected chi connectivity index (χ0v) is 11.2. The highest BCUT2D eigenvalue weighted by Gasteiger charge is 2.17. The Kier molecular flexibility index (Phi) is 4.48. The van der Waals surface area contributed by atoms with Crippen LogP contribution in [0.15, 0.2) is 24.3 Å². The highest BCUT2D eigenvalue weighted by Crippen LogP contribution is 2.21. The van der Waals surface area contributed by atoms with Crippen molar-refractivity contribution in [3.63, 3.8) is 0 Å². The highest BCUT2D eigenvalue weighted by molar-refractivity contribution is 5.88. The molecular formula is C14H19NO3. The van der Waals surface area contributed by atoms with E-state index in [9.17, 15) is 9.59 Å². The van der Waals surface area contributed by atoms with E-state index in [4.69, 9.17) is 4.74 Å². The summed E-state index contributed by atoms with van der Waals surface area (Å²) in [6, 6.07) is 6.71. The summed E-state index contributed by atoms with van der Waals surface area (Å²) in [7, 11) is 0. The average molecular weight is 249 g/mol. The van der Waals surface area contributed by atoms with Crippen LogP contribution in [0, 0.1) is 5.41 Å². The van der Waals surface area contributed by atoms with E-state index in [-0.39, 0.29) is 17.3 Å². The van der Waals surface area contributed by atoms with E-state index in [0.717, 1.165) is 0 Å². The van der Waals surface area contributed by atoms with Crippen molar-refractivity contribution in [3.05, 3.63) is 24.3 Å². The van der Waals surface area contributed by atoms with E-state index in [2.05, 4.69) is 5.32 Å². The van der Waals surface area contributed by atoms with Gasteiger partial charge in [-0.3, -0.25) is 9.59 Å². The van der Waals surface area contributed by atoms with E-state index in [1.165, 1.54) is 6.92 Å². The van der Waals surface area contributed by atoms with Crippen molar-refractivity contribution in [3.8, 4) is 5.75 Å². The molecule has 1 amide bonds. The van der Waals surface area contributed by atoms with Gasteiger partial charge in [-0.1, -0.05) is 20.8 Å². The predicted molar refractivity (Wildman–Crippen MR) is 70.5 cm³/mol. The van der Waals surface area contributed by atoms with Crippen LogP contribution in [0.2, 0.25) is 0 Å². The predicted octanol–water partition coefficient (Wildman–Crippen LogP) is 2.99. The lowest BCUT2D eigenvalue weighted by Gasteiger charge is -2.16. The van der Waals surface area contributed by atoms with Crippen LogP contribution in [0.5, 0.6) is 5.75 Å². The number of rotatable bonds is 3. The molecule has 1 aromatic carbocycles. The second-order valence-electron chi connectivity index (χ2n) is 5.42. The second kappa shape index (κ2) is 5.67. The summed E-state index contributed by atoms with van der Waals surface area (Å²) in [4.78, 5) is 22.4. The molecule has 1 rings (SSSR count). The van der Waals surface area contributed by atoms with Crippen molar-refractivity contribution in [1.29, 1.82) is 0 Å².